The Kier molecular flexibility index (Phi) is 4.63. The molecule has 0 atom stereocenters. The molecule has 1 aliphatic rings. The van der Waals surface area contributed by atoms with E-state index in [4.69, 9.17) is 0 Å². The number of carbonyl (C=O) groups is 1. The maximum Gasteiger partial charge on any atom is 0.272 e. The van der Waals surface area contributed by atoms with Gasteiger partial charge in [0.1, 0.15) is 0 Å². The van der Waals surface area contributed by atoms with Crippen LogP contribution in [0.15, 0.2) is 41.4 Å². The third kappa shape index (κ3) is 3.25. The fraction of sp³-hybridized carbons (Fsp3) is 0.294. The first kappa shape index (κ1) is 14.9. The van der Waals surface area contributed by atoms with Crippen LogP contribution in [-0.4, -0.2) is 23.7 Å². The van der Waals surface area contributed by atoms with E-state index in [9.17, 15) is 4.79 Å². The van der Waals surface area contributed by atoms with Crippen molar-refractivity contribution >= 4 is 23.4 Å². The van der Waals surface area contributed by atoms with Crippen molar-refractivity contribution in [3.8, 4) is 0 Å². The van der Waals surface area contributed by atoms with Crippen LogP contribution in [0, 0.1) is 0 Å². The predicted octanol–water partition coefficient (Wildman–Crippen LogP) is 3.09. The first-order valence-corrected chi connectivity index (χ1v) is 8.63. The Bertz CT molecular complexity index is 687. The van der Waals surface area contributed by atoms with Crippen molar-refractivity contribution in [2.45, 2.75) is 24.3 Å². The van der Waals surface area contributed by atoms with Gasteiger partial charge in [-0.25, -0.2) is 4.98 Å². The molecule has 0 saturated carbocycles. The maximum atomic E-state index is 12.4. The van der Waals surface area contributed by atoms with Gasteiger partial charge in [0.15, 0.2) is 5.69 Å². The average Bonchev–Trinajstić information content (AvgIpc) is 2.59. The average molecular weight is 313 g/mol. The number of thioether (sulfide) groups is 1. The fourth-order valence-corrected chi connectivity index (χ4v) is 3.10. The summed E-state index contributed by atoms with van der Waals surface area (Å²) < 4.78 is 0. The molecular weight excluding hydrogens is 294 g/mol. The number of amides is 1. The molecule has 2 aromatic rings. The summed E-state index contributed by atoms with van der Waals surface area (Å²) >= 11 is 1.70. The van der Waals surface area contributed by atoms with Crippen molar-refractivity contribution in [3.63, 3.8) is 0 Å². The number of aromatic nitrogens is 1. The number of anilines is 1. The van der Waals surface area contributed by atoms with E-state index in [0.717, 1.165) is 30.6 Å². The molecule has 22 heavy (non-hydrogen) atoms. The van der Waals surface area contributed by atoms with Crippen molar-refractivity contribution in [2.75, 3.05) is 18.1 Å². The number of benzene rings is 1. The summed E-state index contributed by atoms with van der Waals surface area (Å²) in [5.41, 5.74) is 3.66. The van der Waals surface area contributed by atoms with Gasteiger partial charge >= 0.3 is 0 Å². The van der Waals surface area contributed by atoms with Crippen LogP contribution >= 0.6 is 11.8 Å². The van der Waals surface area contributed by atoms with Crippen molar-refractivity contribution in [3.05, 3.63) is 53.3 Å². The Morgan fingerprint density at radius 2 is 2.32 bits per heavy atom. The summed E-state index contributed by atoms with van der Waals surface area (Å²) in [5, 5.41) is 6.27. The topological polar surface area (TPSA) is 54.0 Å². The number of aryl methyl sites for hydroxylation is 1. The van der Waals surface area contributed by atoms with Crippen molar-refractivity contribution < 1.29 is 4.79 Å². The van der Waals surface area contributed by atoms with E-state index in [-0.39, 0.29) is 5.91 Å². The van der Waals surface area contributed by atoms with Crippen LogP contribution in [0.3, 0.4) is 0 Å². The summed E-state index contributed by atoms with van der Waals surface area (Å²) in [6.45, 7) is 1.41. The molecule has 0 bridgehead atoms. The van der Waals surface area contributed by atoms with Crippen LogP contribution in [0.4, 0.5) is 5.69 Å². The van der Waals surface area contributed by atoms with Gasteiger partial charge in [0.25, 0.3) is 5.91 Å². The normalized spacial score (nSPS) is 13.1. The van der Waals surface area contributed by atoms with Crippen molar-refractivity contribution in [1.29, 1.82) is 0 Å². The van der Waals surface area contributed by atoms with Gasteiger partial charge in [-0.05, 0) is 48.4 Å². The molecule has 3 rings (SSSR count). The number of nitrogens with one attached hydrogen (secondary N) is 2. The zero-order valence-corrected chi connectivity index (χ0v) is 13.4. The maximum absolute atomic E-state index is 12.4. The first-order valence-electron chi connectivity index (χ1n) is 7.41. The standard InChI is InChI=1S/C17H19N3OS/c1-22-14-6-2-4-12(10-14)11-20-17(21)16-15-13(7-9-19-16)5-3-8-18-15/h2,4,6-7,9-10,18H,3,5,8,11H2,1H3,(H,20,21). The minimum Gasteiger partial charge on any atom is -0.383 e. The number of nitrogens with zero attached hydrogens (tertiary/aromatic N) is 1. The van der Waals surface area contributed by atoms with Gasteiger partial charge < -0.3 is 10.6 Å². The summed E-state index contributed by atoms with van der Waals surface area (Å²) in [6, 6.07) is 10.2. The SMILES string of the molecule is CSc1cccc(CNC(=O)c2nccc3c2NCCC3)c1. The zero-order chi connectivity index (χ0) is 15.4. The smallest absolute Gasteiger partial charge is 0.272 e. The van der Waals surface area contributed by atoms with Gasteiger partial charge in [0.05, 0.1) is 5.69 Å². The Labute approximate surface area is 134 Å². The molecule has 114 valence electrons. The number of hydrogen-bond acceptors (Lipinski definition) is 4. The number of rotatable bonds is 4. The molecule has 0 aliphatic carbocycles. The summed E-state index contributed by atoms with van der Waals surface area (Å²) in [7, 11) is 0. The molecule has 1 amide bonds. The molecule has 0 radical (unpaired) electrons. The van der Waals surface area contributed by atoms with E-state index < -0.39 is 0 Å². The molecule has 2 N–H and O–H groups in total. The highest BCUT2D eigenvalue weighted by Gasteiger charge is 2.18. The predicted molar refractivity (Wildman–Crippen MR) is 90.4 cm³/mol. The molecule has 0 saturated heterocycles. The Hall–Kier alpha value is -2.01. The van der Waals surface area contributed by atoms with Gasteiger partial charge in [-0.3, -0.25) is 4.79 Å². The molecule has 1 aromatic carbocycles. The van der Waals surface area contributed by atoms with Crippen LogP contribution in [0.1, 0.15) is 28.0 Å². The van der Waals surface area contributed by atoms with E-state index in [2.05, 4.69) is 27.8 Å². The van der Waals surface area contributed by atoms with Gasteiger partial charge in [0, 0.05) is 24.2 Å². The molecule has 0 spiro atoms. The lowest BCUT2D eigenvalue weighted by atomic mass is 10.0. The molecule has 1 aromatic heterocycles. The molecule has 2 heterocycles. The minimum atomic E-state index is -0.124. The second kappa shape index (κ2) is 6.83. The minimum absolute atomic E-state index is 0.124. The molecule has 1 aliphatic heterocycles. The second-order valence-electron chi connectivity index (χ2n) is 5.26. The lowest BCUT2D eigenvalue weighted by molar-refractivity contribution is 0.0946. The lowest BCUT2D eigenvalue weighted by Gasteiger charge is -2.19. The third-order valence-corrected chi connectivity index (χ3v) is 4.49. The van der Waals surface area contributed by atoms with Crippen LogP contribution in [0.25, 0.3) is 0 Å². The van der Waals surface area contributed by atoms with Crippen molar-refractivity contribution in [2.24, 2.45) is 0 Å². The number of pyridine rings is 1. The van der Waals surface area contributed by atoms with E-state index in [1.54, 1.807) is 18.0 Å². The molecule has 5 heteroatoms. The molecular formula is C17H19N3OS. The second-order valence-corrected chi connectivity index (χ2v) is 6.14. The molecule has 4 nitrogen and oxygen atoms in total. The van der Waals surface area contributed by atoms with Crippen LogP contribution in [0.2, 0.25) is 0 Å². The van der Waals surface area contributed by atoms with Gasteiger partial charge in [-0.1, -0.05) is 12.1 Å². The largest absolute Gasteiger partial charge is 0.383 e. The summed E-state index contributed by atoms with van der Waals surface area (Å²) in [4.78, 5) is 17.9. The highest BCUT2D eigenvalue weighted by molar-refractivity contribution is 7.98. The molecule has 0 fully saturated rings. The van der Waals surface area contributed by atoms with Crippen LogP contribution < -0.4 is 10.6 Å². The first-order chi connectivity index (χ1) is 10.8. The van der Waals surface area contributed by atoms with Gasteiger partial charge in [-0.15, -0.1) is 11.8 Å². The van der Waals surface area contributed by atoms with Crippen molar-refractivity contribution in [1.82, 2.24) is 10.3 Å². The van der Waals surface area contributed by atoms with E-state index in [0.29, 0.717) is 12.2 Å². The van der Waals surface area contributed by atoms with E-state index in [1.807, 2.05) is 24.5 Å². The zero-order valence-electron chi connectivity index (χ0n) is 12.6. The quantitative estimate of drug-likeness (QED) is 0.852. The fourth-order valence-electron chi connectivity index (χ4n) is 2.62. The van der Waals surface area contributed by atoms with E-state index in [1.165, 1.54) is 10.5 Å². The number of hydrogen-bond donors (Lipinski definition) is 2. The lowest BCUT2D eigenvalue weighted by Crippen LogP contribution is -2.26. The van der Waals surface area contributed by atoms with Crippen LogP contribution in [0.5, 0.6) is 0 Å². The Morgan fingerprint density at radius 3 is 3.18 bits per heavy atom. The summed E-state index contributed by atoms with van der Waals surface area (Å²) in [6.07, 6.45) is 5.86. The highest BCUT2D eigenvalue weighted by atomic mass is 32.2. The monoisotopic (exact) mass is 313 g/mol. The summed E-state index contributed by atoms with van der Waals surface area (Å²) in [5.74, 6) is -0.124. The van der Waals surface area contributed by atoms with E-state index >= 15 is 0 Å². The molecule has 0 unspecified atom stereocenters. The van der Waals surface area contributed by atoms with Gasteiger partial charge in [-0.2, -0.15) is 0 Å². The number of fused-ring (bicyclic) bond motifs is 1. The third-order valence-electron chi connectivity index (χ3n) is 3.76. The Morgan fingerprint density at radius 1 is 1.41 bits per heavy atom. The Balaban J connectivity index is 1.72. The van der Waals surface area contributed by atoms with Gasteiger partial charge in [0.2, 0.25) is 0 Å². The van der Waals surface area contributed by atoms with Crippen LogP contribution in [-0.2, 0) is 13.0 Å². The number of carbonyl (C=O) groups excluding carboxylic acids is 1. The highest BCUT2D eigenvalue weighted by Crippen LogP contribution is 2.24.